The number of hydrogen-bond donors (Lipinski definition) is 1. The van der Waals surface area contributed by atoms with Crippen molar-refractivity contribution in [3.8, 4) is 11.3 Å². The van der Waals surface area contributed by atoms with E-state index in [4.69, 9.17) is 11.6 Å². The Morgan fingerprint density at radius 1 is 1.07 bits per heavy atom. The molecule has 3 aromatic heterocycles. The first-order chi connectivity index (χ1) is 13.8. The number of rotatable bonds is 5. The SMILES string of the molecule is CC(C)c1ccc(S(=O)(=O)Nc2ccc(Cl)c3cc(-c4cccnc4)nn23)cc1. The molecular formula is C21H19ClN4O2S. The lowest BCUT2D eigenvalue weighted by Crippen LogP contribution is -2.15. The molecule has 0 spiro atoms. The first kappa shape index (κ1) is 19.4. The predicted molar refractivity (Wildman–Crippen MR) is 115 cm³/mol. The van der Waals surface area contributed by atoms with Crippen molar-refractivity contribution in [1.29, 1.82) is 0 Å². The molecule has 1 N–H and O–H groups in total. The molecule has 0 amide bonds. The van der Waals surface area contributed by atoms with Crippen molar-refractivity contribution in [2.24, 2.45) is 0 Å². The maximum atomic E-state index is 12.9. The lowest BCUT2D eigenvalue weighted by atomic mass is 10.0. The van der Waals surface area contributed by atoms with E-state index < -0.39 is 10.0 Å². The molecule has 29 heavy (non-hydrogen) atoms. The fourth-order valence-corrected chi connectivity index (χ4v) is 4.24. The van der Waals surface area contributed by atoms with Crippen LogP contribution in [0.3, 0.4) is 0 Å². The van der Waals surface area contributed by atoms with E-state index in [9.17, 15) is 8.42 Å². The lowest BCUT2D eigenvalue weighted by molar-refractivity contribution is 0.600. The van der Waals surface area contributed by atoms with Gasteiger partial charge in [0.25, 0.3) is 10.0 Å². The van der Waals surface area contributed by atoms with E-state index in [1.54, 1.807) is 42.7 Å². The summed E-state index contributed by atoms with van der Waals surface area (Å²) in [5.74, 6) is 0.623. The zero-order valence-electron chi connectivity index (χ0n) is 15.9. The second-order valence-electron chi connectivity index (χ2n) is 6.96. The largest absolute Gasteiger partial charge is 0.264 e. The average Bonchev–Trinajstić information content (AvgIpc) is 3.17. The summed E-state index contributed by atoms with van der Waals surface area (Å²) in [7, 11) is -3.78. The summed E-state index contributed by atoms with van der Waals surface area (Å²) in [5.41, 5.74) is 3.13. The van der Waals surface area contributed by atoms with E-state index in [-0.39, 0.29) is 4.90 Å². The van der Waals surface area contributed by atoms with Crippen LogP contribution in [0.15, 0.2) is 71.9 Å². The van der Waals surface area contributed by atoms with Crippen LogP contribution in [-0.2, 0) is 10.0 Å². The lowest BCUT2D eigenvalue weighted by Gasteiger charge is -2.11. The van der Waals surface area contributed by atoms with Crippen LogP contribution in [-0.4, -0.2) is 23.0 Å². The number of fused-ring (bicyclic) bond motifs is 1. The molecule has 6 nitrogen and oxygen atoms in total. The molecule has 0 aliphatic heterocycles. The third-order valence-corrected chi connectivity index (χ3v) is 6.31. The number of nitrogens with one attached hydrogen (secondary N) is 1. The van der Waals surface area contributed by atoms with Gasteiger partial charge in [0.2, 0.25) is 0 Å². The Hall–Kier alpha value is -2.90. The van der Waals surface area contributed by atoms with Gasteiger partial charge in [0.15, 0.2) is 0 Å². The number of sulfonamides is 1. The fraction of sp³-hybridized carbons (Fsp3) is 0.143. The molecule has 0 saturated carbocycles. The molecule has 8 heteroatoms. The van der Waals surface area contributed by atoms with E-state index in [2.05, 4.69) is 28.7 Å². The van der Waals surface area contributed by atoms with Gasteiger partial charge in [-0.15, -0.1) is 0 Å². The average molecular weight is 427 g/mol. The van der Waals surface area contributed by atoms with Crippen molar-refractivity contribution >= 4 is 33.0 Å². The van der Waals surface area contributed by atoms with Gasteiger partial charge in [0.05, 0.1) is 21.1 Å². The van der Waals surface area contributed by atoms with Gasteiger partial charge in [-0.3, -0.25) is 9.71 Å². The molecule has 0 atom stereocenters. The number of anilines is 1. The Balaban J connectivity index is 1.74. The van der Waals surface area contributed by atoms with Gasteiger partial charge >= 0.3 is 0 Å². The molecular weight excluding hydrogens is 408 g/mol. The van der Waals surface area contributed by atoms with E-state index >= 15 is 0 Å². The van der Waals surface area contributed by atoms with Crippen LogP contribution in [0, 0.1) is 0 Å². The minimum atomic E-state index is -3.78. The van der Waals surface area contributed by atoms with Crippen LogP contribution in [0.4, 0.5) is 5.82 Å². The number of halogens is 1. The van der Waals surface area contributed by atoms with Crippen LogP contribution in [0.5, 0.6) is 0 Å². The van der Waals surface area contributed by atoms with Crippen LogP contribution < -0.4 is 4.72 Å². The van der Waals surface area contributed by atoms with Gasteiger partial charge in [-0.1, -0.05) is 37.6 Å². The molecule has 3 heterocycles. The van der Waals surface area contributed by atoms with Crippen molar-refractivity contribution in [1.82, 2.24) is 14.6 Å². The molecule has 0 aliphatic rings. The highest BCUT2D eigenvalue weighted by atomic mass is 35.5. The normalized spacial score (nSPS) is 11.9. The topological polar surface area (TPSA) is 76.4 Å². The molecule has 148 valence electrons. The minimum Gasteiger partial charge on any atom is -0.264 e. The smallest absolute Gasteiger partial charge is 0.263 e. The summed E-state index contributed by atoms with van der Waals surface area (Å²) < 4.78 is 29.9. The van der Waals surface area contributed by atoms with Gasteiger partial charge in [-0.05, 0) is 53.9 Å². The van der Waals surface area contributed by atoms with Crippen molar-refractivity contribution in [2.45, 2.75) is 24.7 Å². The van der Waals surface area contributed by atoms with E-state index in [1.807, 2.05) is 24.3 Å². The molecule has 4 rings (SSSR count). The van der Waals surface area contributed by atoms with Gasteiger partial charge < -0.3 is 0 Å². The third-order valence-electron chi connectivity index (χ3n) is 4.62. The number of benzene rings is 1. The van der Waals surface area contributed by atoms with Crippen LogP contribution >= 0.6 is 11.6 Å². The molecule has 0 bridgehead atoms. The number of aromatic nitrogens is 3. The minimum absolute atomic E-state index is 0.185. The van der Waals surface area contributed by atoms with E-state index in [0.29, 0.717) is 28.0 Å². The van der Waals surface area contributed by atoms with Crippen LogP contribution in [0.1, 0.15) is 25.3 Å². The number of hydrogen-bond acceptors (Lipinski definition) is 4. The first-order valence-corrected chi connectivity index (χ1v) is 10.9. The standard InChI is InChI=1S/C21H19ClN4O2S/c1-14(2)15-5-7-17(8-6-15)29(27,28)25-21-10-9-18(22)20-12-19(24-26(20)21)16-4-3-11-23-13-16/h3-14,25H,1-2H3. The number of pyridine rings is 2. The van der Waals surface area contributed by atoms with Crippen LogP contribution in [0.25, 0.3) is 16.8 Å². The molecule has 0 aliphatic carbocycles. The van der Waals surface area contributed by atoms with Gasteiger partial charge in [-0.2, -0.15) is 5.10 Å². The highest BCUT2D eigenvalue weighted by Gasteiger charge is 2.18. The Morgan fingerprint density at radius 2 is 1.83 bits per heavy atom. The Bertz CT molecular complexity index is 1270. The molecule has 0 unspecified atom stereocenters. The van der Waals surface area contributed by atoms with Crippen molar-refractivity contribution < 1.29 is 8.42 Å². The summed E-state index contributed by atoms with van der Waals surface area (Å²) >= 11 is 6.31. The summed E-state index contributed by atoms with van der Waals surface area (Å²) in [5, 5.41) is 4.99. The summed E-state index contributed by atoms with van der Waals surface area (Å²) in [6.45, 7) is 4.12. The zero-order chi connectivity index (χ0) is 20.6. The molecule has 1 aromatic carbocycles. The Morgan fingerprint density at radius 3 is 2.48 bits per heavy atom. The maximum Gasteiger partial charge on any atom is 0.263 e. The number of nitrogens with zero attached hydrogens (tertiary/aromatic N) is 3. The zero-order valence-corrected chi connectivity index (χ0v) is 17.4. The molecule has 0 fully saturated rings. The maximum absolute atomic E-state index is 12.9. The fourth-order valence-electron chi connectivity index (χ4n) is 3.00. The van der Waals surface area contributed by atoms with Gasteiger partial charge in [0.1, 0.15) is 5.82 Å². The molecule has 0 saturated heterocycles. The summed E-state index contributed by atoms with van der Waals surface area (Å²) in [6.07, 6.45) is 3.37. The second kappa shape index (κ2) is 7.50. The Labute approximate surface area is 174 Å². The first-order valence-electron chi connectivity index (χ1n) is 9.06. The monoisotopic (exact) mass is 426 g/mol. The summed E-state index contributed by atoms with van der Waals surface area (Å²) in [6, 6.07) is 15.6. The molecule has 0 radical (unpaired) electrons. The van der Waals surface area contributed by atoms with Crippen molar-refractivity contribution in [2.75, 3.05) is 4.72 Å². The predicted octanol–water partition coefficient (Wildman–Crippen LogP) is 4.97. The van der Waals surface area contributed by atoms with Gasteiger partial charge in [0, 0.05) is 18.0 Å². The van der Waals surface area contributed by atoms with Crippen molar-refractivity contribution in [3.05, 3.63) is 77.6 Å². The quantitative estimate of drug-likeness (QED) is 0.488. The Kier molecular flexibility index (Phi) is 5.02. The third kappa shape index (κ3) is 3.83. The van der Waals surface area contributed by atoms with Crippen LogP contribution in [0.2, 0.25) is 5.02 Å². The second-order valence-corrected chi connectivity index (χ2v) is 9.05. The van der Waals surface area contributed by atoms with E-state index in [0.717, 1.165) is 11.1 Å². The highest BCUT2D eigenvalue weighted by molar-refractivity contribution is 7.92. The van der Waals surface area contributed by atoms with Gasteiger partial charge in [-0.25, -0.2) is 12.9 Å². The summed E-state index contributed by atoms with van der Waals surface area (Å²) in [4.78, 5) is 4.29. The van der Waals surface area contributed by atoms with E-state index in [1.165, 1.54) is 4.52 Å². The molecule has 4 aromatic rings. The highest BCUT2D eigenvalue weighted by Crippen LogP contribution is 2.28. The van der Waals surface area contributed by atoms with Crippen molar-refractivity contribution in [3.63, 3.8) is 0 Å².